The van der Waals surface area contributed by atoms with Crippen LogP contribution in [-0.4, -0.2) is 40.0 Å². The van der Waals surface area contributed by atoms with Crippen LogP contribution in [0.3, 0.4) is 0 Å². The van der Waals surface area contributed by atoms with Crippen LogP contribution in [0.2, 0.25) is 0 Å². The zero-order valence-corrected chi connectivity index (χ0v) is 12.4. The first kappa shape index (κ1) is 14.6. The number of carbonyl (C=O) groups excluding carboxylic acids is 1. The van der Waals surface area contributed by atoms with Crippen LogP contribution in [0.1, 0.15) is 36.2 Å². The Kier molecular flexibility index (Phi) is 4.13. The molecule has 0 aliphatic carbocycles. The maximum absolute atomic E-state index is 12.6. The molecule has 1 aliphatic heterocycles. The highest BCUT2D eigenvalue weighted by molar-refractivity contribution is 5.98. The number of benzene rings is 1. The van der Waals surface area contributed by atoms with Crippen LogP contribution >= 0.6 is 0 Å². The lowest BCUT2D eigenvalue weighted by atomic mass is 9.93. The highest BCUT2D eigenvalue weighted by Gasteiger charge is 2.25. The number of carboxylic acid groups (broad SMARTS) is 1. The van der Waals surface area contributed by atoms with E-state index in [1.54, 1.807) is 0 Å². The number of fused-ring (bicyclic) bond motifs is 1. The number of carbonyl (C=O) groups is 2. The van der Waals surface area contributed by atoms with Crippen LogP contribution < -0.4 is 0 Å². The fraction of sp³-hybridized carbons (Fsp3) is 0.412. The van der Waals surface area contributed by atoms with Crippen LogP contribution in [0.25, 0.3) is 10.9 Å². The fourth-order valence-corrected chi connectivity index (χ4v) is 3.17. The Labute approximate surface area is 128 Å². The number of para-hydroxylation sites is 1. The first-order chi connectivity index (χ1) is 10.6. The monoisotopic (exact) mass is 300 g/mol. The van der Waals surface area contributed by atoms with E-state index >= 15 is 0 Å². The van der Waals surface area contributed by atoms with E-state index in [0.29, 0.717) is 18.7 Å². The number of aromatic nitrogens is 1. The van der Waals surface area contributed by atoms with Crippen molar-refractivity contribution in [2.45, 2.75) is 25.7 Å². The standard InChI is InChI=1S/C17H20N2O3/c20-16(21)8-7-12-4-3-9-19(11-12)17(22)15-10-13-5-1-2-6-14(13)18-15/h1-2,5-6,10,12,18H,3-4,7-9,11H2,(H,20,21)/t12-/m0/s1. The predicted octanol–water partition coefficient (Wildman–Crippen LogP) is 2.88. The number of hydrogen-bond donors (Lipinski definition) is 2. The molecule has 2 heterocycles. The Balaban J connectivity index is 1.69. The van der Waals surface area contributed by atoms with Crippen molar-refractivity contribution in [3.05, 3.63) is 36.0 Å². The first-order valence-electron chi connectivity index (χ1n) is 7.72. The van der Waals surface area contributed by atoms with E-state index in [4.69, 9.17) is 5.11 Å². The zero-order chi connectivity index (χ0) is 15.5. The maximum atomic E-state index is 12.6. The fourth-order valence-electron chi connectivity index (χ4n) is 3.17. The largest absolute Gasteiger partial charge is 0.481 e. The number of hydrogen-bond acceptors (Lipinski definition) is 2. The van der Waals surface area contributed by atoms with E-state index in [1.165, 1.54) is 0 Å². The van der Waals surface area contributed by atoms with Gasteiger partial charge >= 0.3 is 5.97 Å². The number of nitrogens with zero attached hydrogens (tertiary/aromatic N) is 1. The van der Waals surface area contributed by atoms with Crippen LogP contribution in [0.4, 0.5) is 0 Å². The molecule has 1 aromatic carbocycles. The number of carboxylic acids is 1. The van der Waals surface area contributed by atoms with Crippen molar-refractivity contribution in [1.29, 1.82) is 0 Å². The van der Waals surface area contributed by atoms with Gasteiger partial charge in [0, 0.05) is 30.4 Å². The molecule has 22 heavy (non-hydrogen) atoms. The summed E-state index contributed by atoms with van der Waals surface area (Å²) in [6, 6.07) is 9.72. The molecule has 0 bridgehead atoms. The Bertz CT molecular complexity index is 659. The summed E-state index contributed by atoms with van der Waals surface area (Å²) in [4.78, 5) is 28.3. The molecular weight excluding hydrogens is 280 g/mol. The number of aromatic amines is 1. The van der Waals surface area contributed by atoms with Crippen LogP contribution in [0.15, 0.2) is 30.3 Å². The van der Waals surface area contributed by atoms with Gasteiger partial charge in [0.1, 0.15) is 5.69 Å². The number of amides is 1. The van der Waals surface area contributed by atoms with Gasteiger partial charge in [-0.25, -0.2) is 0 Å². The normalized spacial score (nSPS) is 18.5. The SMILES string of the molecule is O=C(O)CC[C@@H]1CCCN(C(=O)c2cc3ccccc3[nH]2)C1. The van der Waals surface area contributed by atoms with E-state index in [-0.39, 0.29) is 18.2 Å². The zero-order valence-electron chi connectivity index (χ0n) is 12.4. The minimum Gasteiger partial charge on any atom is -0.481 e. The summed E-state index contributed by atoms with van der Waals surface area (Å²) in [5, 5.41) is 9.82. The van der Waals surface area contributed by atoms with Crippen molar-refractivity contribution in [3.8, 4) is 0 Å². The summed E-state index contributed by atoms with van der Waals surface area (Å²) >= 11 is 0. The second-order valence-corrected chi connectivity index (χ2v) is 5.96. The van der Waals surface area contributed by atoms with Crippen LogP contribution in [0.5, 0.6) is 0 Å². The van der Waals surface area contributed by atoms with Gasteiger partial charge in [-0.3, -0.25) is 9.59 Å². The second kappa shape index (κ2) is 6.22. The highest BCUT2D eigenvalue weighted by Crippen LogP contribution is 2.23. The van der Waals surface area contributed by atoms with Crippen molar-refractivity contribution in [1.82, 2.24) is 9.88 Å². The highest BCUT2D eigenvalue weighted by atomic mass is 16.4. The van der Waals surface area contributed by atoms with Crippen LogP contribution in [-0.2, 0) is 4.79 Å². The lowest BCUT2D eigenvalue weighted by molar-refractivity contribution is -0.137. The molecule has 1 saturated heterocycles. The third-order valence-corrected chi connectivity index (χ3v) is 4.33. The van der Waals surface area contributed by atoms with Crippen molar-refractivity contribution < 1.29 is 14.7 Å². The average Bonchev–Trinajstić information content (AvgIpc) is 2.96. The number of likely N-dealkylation sites (tertiary alicyclic amines) is 1. The Morgan fingerprint density at radius 3 is 2.91 bits per heavy atom. The third kappa shape index (κ3) is 3.13. The Morgan fingerprint density at radius 1 is 1.32 bits per heavy atom. The topological polar surface area (TPSA) is 73.4 Å². The summed E-state index contributed by atoms with van der Waals surface area (Å²) in [5.41, 5.74) is 1.57. The smallest absolute Gasteiger partial charge is 0.303 e. The lowest BCUT2D eigenvalue weighted by Crippen LogP contribution is -2.40. The summed E-state index contributed by atoms with van der Waals surface area (Å²) in [7, 11) is 0. The molecule has 116 valence electrons. The van der Waals surface area contributed by atoms with Crippen molar-refractivity contribution in [2.24, 2.45) is 5.92 Å². The lowest BCUT2D eigenvalue weighted by Gasteiger charge is -2.32. The van der Waals surface area contributed by atoms with Crippen LogP contribution in [0, 0.1) is 5.92 Å². The van der Waals surface area contributed by atoms with Gasteiger partial charge in [0.25, 0.3) is 5.91 Å². The molecule has 2 aromatic rings. The van der Waals surface area contributed by atoms with E-state index in [2.05, 4.69) is 4.98 Å². The second-order valence-electron chi connectivity index (χ2n) is 5.96. The van der Waals surface area contributed by atoms with E-state index in [1.807, 2.05) is 35.2 Å². The number of nitrogens with one attached hydrogen (secondary N) is 1. The molecule has 0 unspecified atom stereocenters. The molecule has 1 fully saturated rings. The molecule has 0 saturated carbocycles. The van der Waals surface area contributed by atoms with Gasteiger partial charge in [-0.2, -0.15) is 0 Å². The molecule has 3 rings (SSSR count). The first-order valence-corrected chi connectivity index (χ1v) is 7.72. The molecular formula is C17H20N2O3. The summed E-state index contributed by atoms with van der Waals surface area (Å²) < 4.78 is 0. The maximum Gasteiger partial charge on any atom is 0.303 e. The average molecular weight is 300 g/mol. The number of H-pyrrole nitrogens is 1. The number of aliphatic carboxylic acids is 1. The Hall–Kier alpha value is -2.30. The quantitative estimate of drug-likeness (QED) is 0.912. The van der Waals surface area contributed by atoms with E-state index < -0.39 is 5.97 Å². The minimum absolute atomic E-state index is 0.0104. The van der Waals surface area contributed by atoms with Gasteiger partial charge in [-0.05, 0) is 37.3 Å². The summed E-state index contributed by atoms with van der Waals surface area (Å²) in [6.07, 6.45) is 2.77. The Morgan fingerprint density at radius 2 is 2.14 bits per heavy atom. The van der Waals surface area contributed by atoms with Gasteiger partial charge in [-0.1, -0.05) is 18.2 Å². The molecule has 1 aliphatic rings. The van der Waals surface area contributed by atoms with Gasteiger partial charge in [0.05, 0.1) is 0 Å². The van der Waals surface area contributed by atoms with Gasteiger partial charge in [0.15, 0.2) is 0 Å². The van der Waals surface area contributed by atoms with Gasteiger partial charge in [0.2, 0.25) is 0 Å². The van der Waals surface area contributed by atoms with E-state index in [9.17, 15) is 9.59 Å². The van der Waals surface area contributed by atoms with Gasteiger partial charge < -0.3 is 15.0 Å². The van der Waals surface area contributed by atoms with Crippen molar-refractivity contribution >= 4 is 22.8 Å². The number of piperidine rings is 1. The molecule has 1 amide bonds. The number of rotatable bonds is 4. The molecule has 5 nitrogen and oxygen atoms in total. The molecule has 5 heteroatoms. The third-order valence-electron chi connectivity index (χ3n) is 4.33. The van der Waals surface area contributed by atoms with Crippen molar-refractivity contribution in [3.63, 3.8) is 0 Å². The molecule has 0 radical (unpaired) electrons. The predicted molar refractivity (Wildman–Crippen MR) is 83.8 cm³/mol. The minimum atomic E-state index is -0.765. The molecule has 1 aromatic heterocycles. The van der Waals surface area contributed by atoms with Gasteiger partial charge in [-0.15, -0.1) is 0 Å². The van der Waals surface area contributed by atoms with E-state index in [0.717, 1.165) is 30.3 Å². The summed E-state index contributed by atoms with van der Waals surface area (Å²) in [6.45, 7) is 1.40. The summed E-state index contributed by atoms with van der Waals surface area (Å²) in [5.74, 6) is -0.464. The molecule has 1 atom stereocenters. The van der Waals surface area contributed by atoms with Crippen molar-refractivity contribution in [2.75, 3.05) is 13.1 Å². The molecule has 2 N–H and O–H groups in total. The molecule has 0 spiro atoms.